The van der Waals surface area contributed by atoms with Gasteiger partial charge >= 0.3 is 6.18 Å². The fourth-order valence-corrected chi connectivity index (χ4v) is 1.96. The molecule has 19 heavy (non-hydrogen) atoms. The maximum Gasteiger partial charge on any atom is 0.416 e. The molecule has 0 heterocycles. The van der Waals surface area contributed by atoms with Gasteiger partial charge < -0.3 is 5.32 Å². The number of alkyl halides is 3. The maximum atomic E-state index is 12.5. The van der Waals surface area contributed by atoms with Crippen molar-refractivity contribution >= 4 is 0 Å². The molecule has 1 rings (SSSR count). The number of nitrogens with one attached hydrogen (secondary N) is 1. The van der Waals surface area contributed by atoms with Gasteiger partial charge in [0.05, 0.1) is 5.56 Å². The molecule has 0 aromatic heterocycles. The first-order chi connectivity index (χ1) is 8.84. The third kappa shape index (κ3) is 5.23. The second kappa shape index (κ2) is 6.94. The first-order valence-corrected chi connectivity index (χ1v) is 6.74. The van der Waals surface area contributed by atoms with Gasteiger partial charge in [-0.3, -0.25) is 0 Å². The van der Waals surface area contributed by atoms with Crippen molar-refractivity contribution in [3.63, 3.8) is 0 Å². The highest BCUT2D eigenvalue weighted by atomic mass is 19.4. The second-order valence-electron chi connectivity index (χ2n) is 5.20. The Balaban J connectivity index is 2.69. The van der Waals surface area contributed by atoms with E-state index in [0.29, 0.717) is 12.0 Å². The highest BCUT2D eigenvalue weighted by molar-refractivity contribution is 5.25. The van der Waals surface area contributed by atoms with Gasteiger partial charge in [-0.25, -0.2) is 0 Å². The van der Waals surface area contributed by atoms with Crippen molar-refractivity contribution in [2.45, 2.75) is 45.8 Å². The van der Waals surface area contributed by atoms with Crippen molar-refractivity contribution in [2.24, 2.45) is 5.92 Å². The predicted octanol–water partition coefficient (Wildman–Crippen LogP) is 4.27. The van der Waals surface area contributed by atoms with Gasteiger partial charge in [-0.1, -0.05) is 32.9 Å². The molecule has 1 aromatic carbocycles. The van der Waals surface area contributed by atoms with Crippen LogP contribution in [0.4, 0.5) is 13.2 Å². The van der Waals surface area contributed by atoms with Crippen LogP contribution in [0.15, 0.2) is 24.3 Å². The van der Waals surface area contributed by atoms with Crippen LogP contribution in [0.5, 0.6) is 0 Å². The standard InChI is InChI=1S/C15H22F3N/c1-4-9-19-14(11(2)3)10-12-5-7-13(8-6-12)15(16,17)18/h5-8,11,14,19H,4,9-10H2,1-3H3. The smallest absolute Gasteiger partial charge is 0.313 e. The van der Waals surface area contributed by atoms with Gasteiger partial charge in [-0.05, 0) is 43.0 Å². The van der Waals surface area contributed by atoms with E-state index in [1.165, 1.54) is 0 Å². The monoisotopic (exact) mass is 273 g/mol. The molecule has 0 amide bonds. The molecule has 0 saturated heterocycles. The Morgan fingerprint density at radius 3 is 2.11 bits per heavy atom. The molecule has 1 unspecified atom stereocenters. The topological polar surface area (TPSA) is 12.0 Å². The summed E-state index contributed by atoms with van der Waals surface area (Å²) in [6.07, 6.45) is -2.44. The summed E-state index contributed by atoms with van der Waals surface area (Å²) in [5, 5.41) is 3.44. The third-order valence-electron chi connectivity index (χ3n) is 3.20. The molecule has 0 aliphatic carbocycles. The molecular formula is C15H22F3N. The fourth-order valence-electron chi connectivity index (χ4n) is 1.96. The fraction of sp³-hybridized carbons (Fsp3) is 0.600. The van der Waals surface area contributed by atoms with Gasteiger partial charge in [-0.15, -0.1) is 0 Å². The molecule has 0 aliphatic heterocycles. The van der Waals surface area contributed by atoms with Crippen LogP contribution in [-0.2, 0) is 12.6 Å². The quantitative estimate of drug-likeness (QED) is 0.816. The van der Waals surface area contributed by atoms with Crippen molar-refractivity contribution in [1.82, 2.24) is 5.32 Å². The van der Waals surface area contributed by atoms with E-state index in [1.807, 2.05) is 0 Å². The molecular weight excluding hydrogens is 251 g/mol. The number of hydrogen-bond acceptors (Lipinski definition) is 1. The van der Waals surface area contributed by atoms with Gasteiger partial charge in [0.25, 0.3) is 0 Å². The Morgan fingerprint density at radius 1 is 1.11 bits per heavy atom. The summed E-state index contributed by atoms with van der Waals surface area (Å²) in [6.45, 7) is 7.28. The van der Waals surface area contributed by atoms with Crippen LogP contribution in [0, 0.1) is 5.92 Å². The Bertz CT molecular complexity index is 368. The normalized spacial score (nSPS) is 13.8. The van der Waals surface area contributed by atoms with Crippen LogP contribution in [0.1, 0.15) is 38.3 Å². The molecule has 1 N–H and O–H groups in total. The van der Waals surface area contributed by atoms with E-state index in [1.54, 1.807) is 12.1 Å². The minimum atomic E-state index is -4.25. The molecule has 0 fully saturated rings. The zero-order chi connectivity index (χ0) is 14.5. The molecule has 1 nitrogen and oxygen atoms in total. The van der Waals surface area contributed by atoms with Crippen molar-refractivity contribution in [3.8, 4) is 0 Å². The van der Waals surface area contributed by atoms with Crippen molar-refractivity contribution in [3.05, 3.63) is 35.4 Å². The molecule has 1 atom stereocenters. The summed E-state index contributed by atoms with van der Waals surface area (Å²) >= 11 is 0. The number of hydrogen-bond donors (Lipinski definition) is 1. The van der Waals surface area contributed by atoms with Crippen molar-refractivity contribution < 1.29 is 13.2 Å². The molecule has 4 heteroatoms. The third-order valence-corrected chi connectivity index (χ3v) is 3.20. The lowest BCUT2D eigenvalue weighted by Gasteiger charge is -2.22. The average Bonchev–Trinajstić information content (AvgIpc) is 2.33. The van der Waals surface area contributed by atoms with Crippen LogP contribution in [0.25, 0.3) is 0 Å². The molecule has 108 valence electrons. The van der Waals surface area contributed by atoms with E-state index in [2.05, 4.69) is 26.1 Å². The highest BCUT2D eigenvalue weighted by Crippen LogP contribution is 2.29. The van der Waals surface area contributed by atoms with Gasteiger partial charge in [0.2, 0.25) is 0 Å². The zero-order valence-corrected chi connectivity index (χ0v) is 11.7. The second-order valence-corrected chi connectivity index (χ2v) is 5.20. The van der Waals surface area contributed by atoms with Crippen LogP contribution >= 0.6 is 0 Å². The molecule has 0 radical (unpaired) electrons. The minimum Gasteiger partial charge on any atom is -0.313 e. The van der Waals surface area contributed by atoms with E-state index < -0.39 is 11.7 Å². The SMILES string of the molecule is CCCNC(Cc1ccc(C(F)(F)F)cc1)C(C)C. The van der Waals surface area contributed by atoms with Crippen molar-refractivity contribution in [1.29, 1.82) is 0 Å². The summed E-state index contributed by atoms with van der Waals surface area (Å²) in [6, 6.07) is 5.77. The summed E-state index contributed by atoms with van der Waals surface area (Å²) in [4.78, 5) is 0. The lowest BCUT2D eigenvalue weighted by atomic mass is 9.95. The highest BCUT2D eigenvalue weighted by Gasteiger charge is 2.30. The lowest BCUT2D eigenvalue weighted by Crippen LogP contribution is -2.36. The first kappa shape index (κ1) is 16.0. The van der Waals surface area contributed by atoms with Crippen LogP contribution in [0.2, 0.25) is 0 Å². The number of benzene rings is 1. The molecule has 0 aliphatic rings. The summed E-state index contributed by atoms with van der Waals surface area (Å²) in [5.74, 6) is 0.453. The van der Waals surface area contributed by atoms with Gasteiger partial charge in [0.15, 0.2) is 0 Å². The molecule has 0 bridgehead atoms. The molecule has 0 spiro atoms. The largest absolute Gasteiger partial charge is 0.416 e. The molecule has 0 saturated carbocycles. The van der Waals surface area contributed by atoms with E-state index in [0.717, 1.165) is 37.1 Å². The van der Waals surface area contributed by atoms with E-state index in [9.17, 15) is 13.2 Å². The zero-order valence-electron chi connectivity index (χ0n) is 11.7. The summed E-state index contributed by atoms with van der Waals surface area (Å²) in [5.41, 5.74) is 0.356. The number of halogens is 3. The molecule has 1 aromatic rings. The van der Waals surface area contributed by atoms with Gasteiger partial charge in [0, 0.05) is 6.04 Å². The Morgan fingerprint density at radius 2 is 1.68 bits per heavy atom. The van der Waals surface area contributed by atoms with Crippen LogP contribution in [-0.4, -0.2) is 12.6 Å². The van der Waals surface area contributed by atoms with Crippen LogP contribution < -0.4 is 5.32 Å². The van der Waals surface area contributed by atoms with Crippen molar-refractivity contribution in [2.75, 3.05) is 6.54 Å². The Hall–Kier alpha value is -1.03. The predicted molar refractivity (Wildman–Crippen MR) is 72.1 cm³/mol. The lowest BCUT2D eigenvalue weighted by molar-refractivity contribution is -0.137. The van der Waals surface area contributed by atoms with Gasteiger partial charge in [-0.2, -0.15) is 13.2 Å². The maximum absolute atomic E-state index is 12.5. The van der Waals surface area contributed by atoms with E-state index >= 15 is 0 Å². The van der Waals surface area contributed by atoms with E-state index in [-0.39, 0.29) is 0 Å². The Labute approximate surface area is 113 Å². The average molecular weight is 273 g/mol. The Kier molecular flexibility index (Phi) is 5.85. The van der Waals surface area contributed by atoms with Crippen LogP contribution in [0.3, 0.4) is 0 Å². The number of rotatable bonds is 6. The van der Waals surface area contributed by atoms with E-state index in [4.69, 9.17) is 0 Å². The summed E-state index contributed by atoms with van der Waals surface area (Å²) < 4.78 is 37.4. The summed E-state index contributed by atoms with van der Waals surface area (Å²) in [7, 11) is 0. The first-order valence-electron chi connectivity index (χ1n) is 6.74. The van der Waals surface area contributed by atoms with Gasteiger partial charge in [0.1, 0.15) is 0 Å². The minimum absolute atomic E-state index is 0.302.